The zero-order valence-corrected chi connectivity index (χ0v) is 16.2. The van der Waals surface area contributed by atoms with Crippen LogP contribution in [-0.4, -0.2) is 21.3 Å². The average molecular weight is 377 g/mol. The summed E-state index contributed by atoms with van der Waals surface area (Å²) in [6.07, 6.45) is 1.13. The summed E-state index contributed by atoms with van der Waals surface area (Å²) in [5.74, 6) is 1.14. The van der Waals surface area contributed by atoms with Gasteiger partial charge in [-0.15, -0.1) is 0 Å². The van der Waals surface area contributed by atoms with Crippen molar-refractivity contribution in [3.8, 4) is 5.75 Å². The molecule has 2 atom stereocenters. The molecule has 26 heavy (non-hydrogen) atoms. The van der Waals surface area contributed by atoms with E-state index in [0.717, 1.165) is 11.8 Å². The fraction of sp³-hybridized carbons (Fsp3) is 0.400. The first-order valence-electron chi connectivity index (χ1n) is 8.54. The Morgan fingerprint density at radius 3 is 2.38 bits per heavy atom. The van der Waals surface area contributed by atoms with Gasteiger partial charge in [-0.3, -0.25) is 4.72 Å². The number of anilines is 1. The Labute approximate surface area is 154 Å². The number of rotatable bonds is 6. The first-order valence-corrected chi connectivity index (χ1v) is 10.4. The van der Waals surface area contributed by atoms with Crippen molar-refractivity contribution in [1.29, 1.82) is 0 Å². The van der Waals surface area contributed by atoms with Crippen molar-refractivity contribution in [2.24, 2.45) is 11.3 Å². The van der Waals surface area contributed by atoms with E-state index in [0.29, 0.717) is 29.9 Å². The molecule has 2 aromatic rings. The predicted octanol–water partition coefficient (Wildman–Crippen LogP) is 4.32. The van der Waals surface area contributed by atoms with Crippen molar-refractivity contribution in [2.75, 3.05) is 17.6 Å². The molecule has 0 unspecified atom stereocenters. The van der Waals surface area contributed by atoms with Crippen LogP contribution in [0.2, 0.25) is 0 Å². The van der Waals surface area contributed by atoms with E-state index in [1.165, 1.54) is 17.7 Å². The van der Waals surface area contributed by atoms with E-state index < -0.39 is 10.0 Å². The van der Waals surface area contributed by atoms with Crippen LogP contribution in [0.15, 0.2) is 42.5 Å². The number of hydrogen-bond donors (Lipinski definition) is 1. The second-order valence-corrected chi connectivity index (χ2v) is 9.37. The van der Waals surface area contributed by atoms with Crippen LogP contribution in [0.4, 0.5) is 10.1 Å². The normalized spacial score (nSPS) is 21.3. The van der Waals surface area contributed by atoms with Crippen LogP contribution in [0.25, 0.3) is 0 Å². The molecule has 140 valence electrons. The monoisotopic (exact) mass is 377 g/mol. The van der Waals surface area contributed by atoms with Crippen LogP contribution >= 0.6 is 0 Å². The van der Waals surface area contributed by atoms with Crippen LogP contribution in [0.3, 0.4) is 0 Å². The van der Waals surface area contributed by atoms with Crippen molar-refractivity contribution in [3.63, 3.8) is 0 Å². The zero-order valence-electron chi connectivity index (χ0n) is 15.4. The van der Waals surface area contributed by atoms with Crippen LogP contribution in [0.5, 0.6) is 5.75 Å². The SMILES string of the molecule is Cc1cc(F)ccc1OC[C@H]1[C@H](c2ccc(NS(C)(=O)=O)cc2)C1(C)C. The van der Waals surface area contributed by atoms with E-state index in [2.05, 4.69) is 18.6 Å². The van der Waals surface area contributed by atoms with Crippen LogP contribution in [-0.2, 0) is 10.0 Å². The maximum atomic E-state index is 13.2. The van der Waals surface area contributed by atoms with Gasteiger partial charge in [0.05, 0.1) is 12.9 Å². The average Bonchev–Trinajstić information content (AvgIpc) is 3.07. The van der Waals surface area contributed by atoms with Crippen molar-refractivity contribution in [1.82, 2.24) is 0 Å². The number of nitrogens with one attached hydrogen (secondary N) is 1. The Morgan fingerprint density at radius 1 is 1.15 bits per heavy atom. The van der Waals surface area contributed by atoms with Gasteiger partial charge in [0.2, 0.25) is 10.0 Å². The number of aryl methyl sites for hydroxylation is 1. The molecular formula is C20H24FNO3S. The molecule has 0 spiro atoms. The number of hydrogen-bond acceptors (Lipinski definition) is 3. The summed E-state index contributed by atoms with van der Waals surface area (Å²) in [5.41, 5.74) is 2.61. The summed E-state index contributed by atoms with van der Waals surface area (Å²) in [7, 11) is -3.27. The minimum atomic E-state index is -3.27. The number of benzene rings is 2. The van der Waals surface area contributed by atoms with Crippen LogP contribution in [0, 0.1) is 24.1 Å². The van der Waals surface area contributed by atoms with Crippen molar-refractivity contribution in [3.05, 3.63) is 59.4 Å². The predicted molar refractivity (Wildman–Crippen MR) is 102 cm³/mol. The topological polar surface area (TPSA) is 55.4 Å². The summed E-state index contributed by atoms with van der Waals surface area (Å²) < 4.78 is 44.2. The van der Waals surface area contributed by atoms with Gasteiger partial charge in [0.15, 0.2) is 0 Å². The van der Waals surface area contributed by atoms with Gasteiger partial charge >= 0.3 is 0 Å². The molecule has 0 bridgehead atoms. The third-order valence-electron chi connectivity index (χ3n) is 5.18. The Morgan fingerprint density at radius 2 is 1.81 bits per heavy atom. The second-order valence-electron chi connectivity index (χ2n) is 7.62. The van der Waals surface area contributed by atoms with Crippen LogP contribution in [0.1, 0.15) is 30.9 Å². The second kappa shape index (κ2) is 6.58. The molecule has 0 amide bonds. The lowest BCUT2D eigenvalue weighted by Crippen LogP contribution is -2.09. The minimum absolute atomic E-state index is 0.0969. The number of ether oxygens (including phenoxy) is 1. The summed E-state index contributed by atoms with van der Waals surface area (Å²) in [5, 5.41) is 0. The highest BCUT2D eigenvalue weighted by molar-refractivity contribution is 7.92. The minimum Gasteiger partial charge on any atom is -0.493 e. The molecule has 1 aliphatic carbocycles. The van der Waals surface area contributed by atoms with Gasteiger partial charge in [-0.1, -0.05) is 26.0 Å². The maximum absolute atomic E-state index is 13.2. The quantitative estimate of drug-likeness (QED) is 0.815. The van der Waals surface area contributed by atoms with E-state index in [9.17, 15) is 12.8 Å². The third-order valence-corrected chi connectivity index (χ3v) is 5.79. The summed E-state index contributed by atoms with van der Waals surface area (Å²) >= 11 is 0. The summed E-state index contributed by atoms with van der Waals surface area (Å²) in [6.45, 7) is 6.80. The zero-order chi connectivity index (χ0) is 19.1. The molecular weight excluding hydrogens is 353 g/mol. The van der Waals surface area contributed by atoms with E-state index >= 15 is 0 Å². The molecule has 0 aliphatic heterocycles. The van der Waals surface area contributed by atoms with E-state index in [1.807, 2.05) is 19.1 Å². The highest BCUT2D eigenvalue weighted by Gasteiger charge is 2.58. The summed E-state index contributed by atoms with van der Waals surface area (Å²) in [4.78, 5) is 0. The number of halogens is 1. The molecule has 1 fully saturated rings. The van der Waals surface area contributed by atoms with Gasteiger partial charge in [-0.05, 0) is 59.7 Å². The fourth-order valence-corrected chi connectivity index (χ4v) is 4.21. The molecule has 2 aromatic carbocycles. The number of sulfonamides is 1. The lowest BCUT2D eigenvalue weighted by atomic mass is 10.0. The molecule has 3 rings (SSSR count). The Bertz CT molecular complexity index is 907. The first-order chi connectivity index (χ1) is 12.1. The molecule has 6 heteroatoms. The fourth-order valence-electron chi connectivity index (χ4n) is 3.64. The van der Waals surface area contributed by atoms with Gasteiger partial charge in [-0.2, -0.15) is 0 Å². The van der Waals surface area contributed by atoms with Gasteiger partial charge < -0.3 is 4.74 Å². The molecule has 1 N–H and O–H groups in total. The smallest absolute Gasteiger partial charge is 0.229 e. The standard InChI is InChI=1S/C20H24FNO3S/c1-13-11-15(21)7-10-18(13)25-12-17-19(20(17,2)3)14-5-8-16(9-6-14)22-26(4,23)24/h5-11,17,19,22H,12H2,1-4H3/t17-,19-/m0/s1. The third kappa shape index (κ3) is 4.01. The van der Waals surface area contributed by atoms with Crippen LogP contribution < -0.4 is 9.46 Å². The molecule has 0 aromatic heterocycles. The van der Waals surface area contributed by atoms with Gasteiger partial charge in [0.25, 0.3) is 0 Å². The van der Waals surface area contributed by atoms with Gasteiger partial charge in [0, 0.05) is 11.6 Å². The molecule has 0 saturated heterocycles. The maximum Gasteiger partial charge on any atom is 0.229 e. The summed E-state index contributed by atoms with van der Waals surface area (Å²) in [6, 6.07) is 12.0. The lowest BCUT2D eigenvalue weighted by Gasteiger charge is -2.09. The molecule has 0 radical (unpaired) electrons. The van der Waals surface area contributed by atoms with Gasteiger partial charge in [-0.25, -0.2) is 12.8 Å². The van der Waals surface area contributed by atoms with E-state index in [4.69, 9.17) is 4.74 Å². The highest BCUT2D eigenvalue weighted by atomic mass is 32.2. The Balaban J connectivity index is 1.67. The Kier molecular flexibility index (Phi) is 4.73. The lowest BCUT2D eigenvalue weighted by molar-refractivity contribution is 0.277. The van der Waals surface area contributed by atoms with E-state index in [1.54, 1.807) is 18.2 Å². The van der Waals surface area contributed by atoms with Gasteiger partial charge in [0.1, 0.15) is 11.6 Å². The van der Waals surface area contributed by atoms with Crippen molar-refractivity contribution < 1.29 is 17.5 Å². The highest BCUT2D eigenvalue weighted by Crippen LogP contribution is 2.64. The molecule has 4 nitrogen and oxygen atoms in total. The molecule has 0 heterocycles. The first kappa shape index (κ1) is 18.7. The van der Waals surface area contributed by atoms with Crippen molar-refractivity contribution in [2.45, 2.75) is 26.7 Å². The van der Waals surface area contributed by atoms with Crippen molar-refractivity contribution >= 4 is 15.7 Å². The van der Waals surface area contributed by atoms with E-state index in [-0.39, 0.29) is 11.2 Å². The largest absolute Gasteiger partial charge is 0.493 e. The molecule has 1 aliphatic rings. The Hall–Kier alpha value is -2.08. The molecule has 1 saturated carbocycles.